The van der Waals surface area contributed by atoms with E-state index >= 15 is 0 Å². The van der Waals surface area contributed by atoms with Crippen LogP contribution >= 0.6 is 0 Å². The number of aryl methyl sites for hydroxylation is 1. The second-order valence-corrected chi connectivity index (χ2v) is 14.6. The number of imide groups is 1. The van der Waals surface area contributed by atoms with Crippen molar-refractivity contribution in [1.82, 2.24) is 34.8 Å². The van der Waals surface area contributed by atoms with Crippen LogP contribution in [0.3, 0.4) is 0 Å². The number of piperazine rings is 1. The molecule has 0 aliphatic carbocycles. The lowest BCUT2D eigenvalue weighted by Crippen LogP contribution is -2.51. The number of likely N-dealkylation sites (tertiary alicyclic amines) is 1. The maximum atomic E-state index is 13.4. The largest absolute Gasteiger partial charge is 0.491 e. The van der Waals surface area contributed by atoms with Gasteiger partial charge in [0.1, 0.15) is 17.3 Å². The second-order valence-electron chi connectivity index (χ2n) is 14.6. The molecule has 7 rings (SSSR count). The Balaban J connectivity index is 0.890. The van der Waals surface area contributed by atoms with Gasteiger partial charge in [0.05, 0.1) is 18.8 Å². The van der Waals surface area contributed by atoms with Crippen molar-refractivity contribution >= 4 is 34.3 Å². The molecule has 4 aromatic rings. The highest BCUT2D eigenvalue weighted by Gasteiger charge is 2.28. The number of rotatable bonds is 10. The molecule has 0 saturated carbocycles. The molecule has 5 heterocycles. The number of ether oxygens (including phenoxy) is 1. The van der Waals surface area contributed by atoms with Gasteiger partial charge in [0.25, 0.3) is 5.56 Å². The fourth-order valence-corrected chi connectivity index (χ4v) is 7.59. The predicted molar refractivity (Wildman–Crippen MR) is 199 cm³/mol. The fraction of sp³-hybridized carbons (Fsp3) is 0.462. The molecule has 3 amide bonds. The van der Waals surface area contributed by atoms with Crippen molar-refractivity contribution in [2.24, 2.45) is 7.05 Å². The number of H-pyrrole nitrogens is 1. The molecule has 0 radical (unpaired) electrons. The van der Waals surface area contributed by atoms with Gasteiger partial charge in [-0.05, 0) is 81.4 Å². The SMILES string of the molecule is CC(C)Oc1cc(-c2cn(C)c(=O)c3[nH]ncc23)ccc1CN1CCN(C(=O)CN2CCC(c3ccc(NC4CCC(=O)NC4=O)cc3)CC2)CC1. The number of nitrogens with zero attached hydrogens (tertiary/aromatic N) is 5. The minimum absolute atomic E-state index is 0.00248. The van der Waals surface area contributed by atoms with Crippen molar-refractivity contribution in [3.8, 4) is 16.9 Å². The first kappa shape index (κ1) is 35.4. The molecule has 1 atom stereocenters. The first-order chi connectivity index (χ1) is 25.1. The molecule has 3 N–H and O–H groups in total. The maximum Gasteiger partial charge on any atom is 0.276 e. The summed E-state index contributed by atoms with van der Waals surface area (Å²) in [6, 6.07) is 14.1. The lowest BCUT2D eigenvalue weighted by molar-refractivity contribution is -0.135. The molecule has 3 fully saturated rings. The molecule has 0 spiro atoms. The highest BCUT2D eigenvalue weighted by molar-refractivity contribution is 6.01. The number of anilines is 1. The number of aromatic nitrogens is 3. The molecule has 13 heteroatoms. The van der Waals surface area contributed by atoms with E-state index in [1.165, 1.54) is 5.56 Å². The summed E-state index contributed by atoms with van der Waals surface area (Å²) in [7, 11) is 1.74. The van der Waals surface area contributed by atoms with Crippen LogP contribution in [-0.2, 0) is 28.0 Å². The Kier molecular flexibility index (Phi) is 10.4. The lowest BCUT2D eigenvalue weighted by Gasteiger charge is -2.37. The molecule has 2 aromatic heterocycles. The van der Waals surface area contributed by atoms with Crippen LogP contribution in [0.2, 0.25) is 0 Å². The summed E-state index contributed by atoms with van der Waals surface area (Å²) in [5.41, 5.74) is 5.48. The van der Waals surface area contributed by atoms with Gasteiger partial charge in [0.2, 0.25) is 17.7 Å². The summed E-state index contributed by atoms with van der Waals surface area (Å²) in [6.45, 7) is 9.96. The maximum absolute atomic E-state index is 13.4. The number of piperidine rings is 2. The highest BCUT2D eigenvalue weighted by atomic mass is 16.5. The predicted octanol–water partition coefficient (Wildman–Crippen LogP) is 3.46. The number of benzene rings is 2. The minimum Gasteiger partial charge on any atom is -0.491 e. The van der Waals surface area contributed by atoms with Crippen molar-refractivity contribution < 1.29 is 19.1 Å². The Hall–Kier alpha value is -5.01. The van der Waals surface area contributed by atoms with Crippen molar-refractivity contribution in [2.45, 2.75) is 64.1 Å². The number of nitrogens with one attached hydrogen (secondary N) is 3. The average Bonchev–Trinajstić information content (AvgIpc) is 3.63. The number of pyridine rings is 1. The zero-order valence-corrected chi connectivity index (χ0v) is 30.2. The molecule has 3 aliphatic heterocycles. The molecular weight excluding hydrogens is 660 g/mol. The van der Waals surface area contributed by atoms with E-state index in [4.69, 9.17) is 4.74 Å². The molecule has 2 aromatic carbocycles. The molecule has 3 saturated heterocycles. The van der Waals surface area contributed by atoms with Crippen LogP contribution in [0, 0.1) is 0 Å². The van der Waals surface area contributed by atoms with E-state index in [-0.39, 0.29) is 29.4 Å². The first-order valence-corrected chi connectivity index (χ1v) is 18.4. The van der Waals surface area contributed by atoms with Crippen LogP contribution in [-0.4, -0.2) is 105 Å². The van der Waals surface area contributed by atoms with E-state index in [0.29, 0.717) is 43.9 Å². The normalized spacial score (nSPS) is 19.3. The number of aromatic amines is 1. The van der Waals surface area contributed by atoms with Crippen LogP contribution in [0.4, 0.5) is 5.69 Å². The highest BCUT2D eigenvalue weighted by Crippen LogP contribution is 2.33. The number of amides is 3. The molecule has 1 unspecified atom stereocenters. The van der Waals surface area contributed by atoms with Crippen LogP contribution in [0.1, 0.15) is 56.6 Å². The second kappa shape index (κ2) is 15.3. The number of fused-ring (bicyclic) bond motifs is 1. The monoisotopic (exact) mass is 708 g/mol. The zero-order chi connectivity index (χ0) is 36.4. The van der Waals surface area contributed by atoms with Gasteiger partial charge in [-0.3, -0.25) is 39.4 Å². The molecular formula is C39H48N8O5. The summed E-state index contributed by atoms with van der Waals surface area (Å²) in [5, 5.41) is 13.4. The third-order valence-electron chi connectivity index (χ3n) is 10.6. The smallest absolute Gasteiger partial charge is 0.276 e. The van der Waals surface area contributed by atoms with E-state index in [1.54, 1.807) is 17.8 Å². The summed E-state index contributed by atoms with van der Waals surface area (Å²) in [5.74, 6) is 0.964. The van der Waals surface area contributed by atoms with Gasteiger partial charge in [0, 0.05) is 74.6 Å². The van der Waals surface area contributed by atoms with Crippen molar-refractivity contribution in [3.63, 3.8) is 0 Å². The van der Waals surface area contributed by atoms with Crippen LogP contribution in [0.5, 0.6) is 5.75 Å². The quantitative estimate of drug-likeness (QED) is 0.211. The number of hydrogen-bond acceptors (Lipinski definition) is 9. The van der Waals surface area contributed by atoms with E-state index in [2.05, 4.69) is 61.0 Å². The van der Waals surface area contributed by atoms with Crippen molar-refractivity contribution in [3.05, 3.63) is 76.3 Å². The summed E-state index contributed by atoms with van der Waals surface area (Å²) >= 11 is 0. The summed E-state index contributed by atoms with van der Waals surface area (Å²) in [4.78, 5) is 56.1. The van der Waals surface area contributed by atoms with Crippen molar-refractivity contribution in [1.29, 1.82) is 0 Å². The Bertz CT molecular complexity index is 1990. The summed E-state index contributed by atoms with van der Waals surface area (Å²) in [6.07, 6.45) is 6.38. The van der Waals surface area contributed by atoms with E-state index in [0.717, 1.165) is 79.1 Å². The molecule has 3 aliphatic rings. The van der Waals surface area contributed by atoms with E-state index in [9.17, 15) is 19.2 Å². The Morgan fingerprint density at radius 2 is 1.71 bits per heavy atom. The Morgan fingerprint density at radius 3 is 2.42 bits per heavy atom. The number of carbonyl (C=O) groups is 3. The standard InChI is InChI=1S/C39H48N8O5/c1-25(2)52-34-20-28(32-23-44(3)39(51)37-31(32)21-40-43-37)4-5-29(34)22-46-16-18-47(19-17-46)36(49)24-45-14-12-27(13-15-45)26-6-8-30(9-7-26)41-33-10-11-35(48)42-38(33)50/h4-9,20-21,23,25,27,33,41H,10-19,22,24H2,1-3H3,(H,40,43)(H,42,48,50). The lowest BCUT2D eigenvalue weighted by atomic mass is 9.89. The van der Waals surface area contributed by atoms with Gasteiger partial charge >= 0.3 is 0 Å². The van der Waals surface area contributed by atoms with Crippen LogP contribution in [0.25, 0.3) is 22.0 Å². The third kappa shape index (κ3) is 7.90. The van der Waals surface area contributed by atoms with E-state index < -0.39 is 6.04 Å². The van der Waals surface area contributed by atoms with Gasteiger partial charge < -0.3 is 19.5 Å². The first-order valence-electron chi connectivity index (χ1n) is 18.4. The molecule has 274 valence electrons. The Morgan fingerprint density at radius 1 is 0.962 bits per heavy atom. The van der Waals surface area contributed by atoms with Gasteiger partial charge in [-0.1, -0.05) is 24.3 Å². The van der Waals surface area contributed by atoms with Gasteiger partial charge in [-0.15, -0.1) is 0 Å². The Labute approximate surface area is 303 Å². The number of carbonyl (C=O) groups excluding carboxylic acids is 3. The van der Waals surface area contributed by atoms with Gasteiger partial charge in [-0.25, -0.2) is 0 Å². The summed E-state index contributed by atoms with van der Waals surface area (Å²) < 4.78 is 7.87. The van der Waals surface area contributed by atoms with Gasteiger partial charge in [0.15, 0.2) is 0 Å². The topological polar surface area (TPSA) is 145 Å². The fourth-order valence-electron chi connectivity index (χ4n) is 7.59. The molecule has 13 nitrogen and oxygen atoms in total. The third-order valence-corrected chi connectivity index (χ3v) is 10.6. The van der Waals surface area contributed by atoms with Crippen molar-refractivity contribution in [2.75, 3.05) is 51.1 Å². The molecule has 52 heavy (non-hydrogen) atoms. The van der Waals surface area contributed by atoms with E-state index in [1.807, 2.05) is 37.1 Å². The molecule has 0 bridgehead atoms. The number of hydrogen-bond donors (Lipinski definition) is 3. The van der Waals surface area contributed by atoms with Crippen LogP contribution in [0.15, 0.2) is 59.7 Å². The van der Waals surface area contributed by atoms with Gasteiger partial charge in [-0.2, -0.15) is 5.10 Å². The minimum atomic E-state index is -0.391. The van der Waals surface area contributed by atoms with Crippen LogP contribution < -0.4 is 20.9 Å². The zero-order valence-electron chi connectivity index (χ0n) is 30.2. The average molecular weight is 709 g/mol.